The van der Waals surface area contributed by atoms with Crippen LogP contribution in [0.3, 0.4) is 0 Å². The van der Waals surface area contributed by atoms with Crippen LogP contribution in [0.25, 0.3) is 33.5 Å². The Morgan fingerprint density at radius 1 is 1.15 bits per heavy atom. The minimum atomic E-state index is 0. The topological polar surface area (TPSA) is 58.0 Å². The number of aromatic nitrogens is 3. The van der Waals surface area contributed by atoms with Gasteiger partial charge in [-0.15, -0.1) is 12.4 Å². The summed E-state index contributed by atoms with van der Waals surface area (Å²) in [5.41, 5.74) is 5.28. The zero-order valence-corrected chi connectivity index (χ0v) is 15.7. The Kier molecular flexibility index (Phi) is 3.95. The maximum atomic E-state index is 6.06. The average molecular weight is 381 g/mol. The molecule has 27 heavy (non-hydrogen) atoms. The number of H-pyrrole nitrogens is 1. The number of oxazole rings is 1. The molecule has 1 aromatic carbocycles. The summed E-state index contributed by atoms with van der Waals surface area (Å²) in [5.74, 6) is 2.02. The van der Waals surface area contributed by atoms with Crippen molar-refractivity contribution in [2.75, 3.05) is 19.6 Å². The molecule has 5 nitrogen and oxygen atoms in total. The lowest BCUT2D eigenvalue weighted by Gasteiger charge is -2.44. The number of rotatable bonds is 2. The van der Waals surface area contributed by atoms with E-state index in [2.05, 4.69) is 27.1 Å². The van der Waals surface area contributed by atoms with Gasteiger partial charge in [0.05, 0.1) is 5.56 Å². The summed E-state index contributed by atoms with van der Waals surface area (Å²) in [7, 11) is 0. The fourth-order valence-corrected chi connectivity index (χ4v) is 4.86. The van der Waals surface area contributed by atoms with Gasteiger partial charge >= 0.3 is 0 Å². The van der Waals surface area contributed by atoms with Crippen molar-refractivity contribution in [3.63, 3.8) is 0 Å². The van der Waals surface area contributed by atoms with Crippen LogP contribution in [0.4, 0.5) is 0 Å². The lowest BCUT2D eigenvalue weighted by atomic mass is 9.75. The Hall–Kier alpha value is -2.37. The van der Waals surface area contributed by atoms with Crippen molar-refractivity contribution in [3.05, 3.63) is 48.4 Å². The number of nitrogens with one attached hydrogen (secondary N) is 1. The van der Waals surface area contributed by atoms with Crippen LogP contribution in [0.5, 0.6) is 0 Å². The zero-order chi connectivity index (χ0) is 17.1. The number of halogens is 1. The first kappa shape index (κ1) is 16.8. The summed E-state index contributed by atoms with van der Waals surface area (Å²) in [6, 6.07) is 8.02. The third-order valence-corrected chi connectivity index (χ3v) is 6.20. The van der Waals surface area contributed by atoms with Crippen LogP contribution in [0.1, 0.15) is 24.3 Å². The fraction of sp³-hybridized carbons (Fsp3) is 0.333. The van der Waals surface area contributed by atoms with E-state index in [4.69, 9.17) is 9.40 Å². The van der Waals surface area contributed by atoms with E-state index in [-0.39, 0.29) is 12.4 Å². The maximum Gasteiger partial charge on any atom is 0.228 e. The molecule has 6 heteroatoms. The van der Waals surface area contributed by atoms with E-state index in [0.29, 0.717) is 11.8 Å². The highest BCUT2D eigenvalue weighted by Gasteiger charge is 2.36. The molecule has 0 amide bonds. The largest absolute Gasteiger partial charge is 0.436 e. The first-order valence-electron chi connectivity index (χ1n) is 9.40. The molecular formula is C21H21ClN4O. The molecule has 3 aliphatic rings. The second-order valence-electron chi connectivity index (χ2n) is 7.58. The van der Waals surface area contributed by atoms with E-state index in [1.807, 2.05) is 18.2 Å². The number of aromatic amines is 1. The third-order valence-electron chi connectivity index (χ3n) is 6.20. The number of piperidine rings is 3. The molecule has 0 aliphatic carbocycles. The van der Waals surface area contributed by atoms with Gasteiger partial charge in [-0.2, -0.15) is 0 Å². The van der Waals surface area contributed by atoms with Crippen molar-refractivity contribution in [1.29, 1.82) is 0 Å². The van der Waals surface area contributed by atoms with Gasteiger partial charge in [0.25, 0.3) is 0 Å². The number of pyridine rings is 1. The van der Waals surface area contributed by atoms with Crippen LogP contribution in [-0.2, 0) is 0 Å². The Bertz CT molecular complexity index is 1100. The van der Waals surface area contributed by atoms with Crippen molar-refractivity contribution < 1.29 is 4.42 Å². The Morgan fingerprint density at radius 2 is 2.04 bits per heavy atom. The van der Waals surface area contributed by atoms with E-state index in [1.54, 1.807) is 12.4 Å². The highest BCUT2D eigenvalue weighted by atomic mass is 35.5. The van der Waals surface area contributed by atoms with Crippen LogP contribution in [0.2, 0.25) is 0 Å². The number of nitrogens with zero attached hydrogens (tertiary/aromatic N) is 3. The van der Waals surface area contributed by atoms with E-state index in [0.717, 1.165) is 28.1 Å². The van der Waals surface area contributed by atoms with Gasteiger partial charge in [-0.1, -0.05) is 0 Å². The van der Waals surface area contributed by atoms with E-state index in [9.17, 15) is 0 Å². The Balaban J connectivity index is 0.00000160. The molecule has 1 N–H and O–H groups in total. The van der Waals surface area contributed by atoms with Gasteiger partial charge in [-0.05, 0) is 61.7 Å². The van der Waals surface area contributed by atoms with Gasteiger partial charge < -0.3 is 14.3 Å². The molecular weight excluding hydrogens is 360 g/mol. The zero-order valence-electron chi connectivity index (χ0n) is 14.9. The molecule has 0 spiro atoms. The molecule has 7 rings (SSSR count). The predicted molar refractivity (Wildman–Crippen MR) is 108 cm³/mol. The number of hydrogen-bond acceptors (Lipinski definition) is 4. The molecule has 138 valence electrons. The van der Waals surface area contributed by atoms with Gasteiger partial charge in [0.1, 0.15) is 5.52 Å². The van der Waals surface area contributed by atoms with E-state index >= 15 is 0 Å². The first-order chi connectivity index (χ1) is 12.9. The molecule has 3 aliphatic heterocycles. The summed E-state index contributed by atoms with van der Waals surface area (Å²) in [4.78, 5) is 15.1. The monoisotopic (exact) mass is 380 g/mol. The summed E-state index contributed by atoms with van der Waals surface area (Å²) >= 11 is 0. The van der Waals surface area contributed by atoms with Gasteiger partial charge in [0, 0.05) is 42.0 Å². The van der Waals surface area contributed by atoms with E-state index < -0.39 is 0 Å². The lowest BCUT2D eigenvalue weighted by molar-refractivity contribution is 0.0877. The summed E-state index contributed by atoms with van der Waals surface area (Å²) in [5, 5.41) is 1.24. The molecule has 1 unspecified atom stereocenters. The predicted octanol–water partition coefficient (Wildman–Crippen LogP) is 4.60. The quantitative estimate of drug-likeness (QED) is 0.552. The normalized spacial score (nSPS) is 24.4. The molecule has 3 saturated heterocycles. The molecule has 0 saturated carbocycles. The van der Waals surface area contributed by atoms with Crippen molar-refractivity contribution in [1.82, 2.24) is 19.9 Å². The van der Waals surface area contributed by atoms with Crippen LogP contribution in [-0.4, -0.2) is 39.5 Å². The van der Waals surface area contributed by atoms with Crippen molar-refractivity contribution in [2.45, 2.75) is 18.8 Å². The maximum absolute atomic E-state index is 6.06. The van der Waals surface area contributed by atoms with Gasteiger partial charge in [-0.25, -0.2) is 4.98 Å². The third kappa shape index (κ3) is 2.57. The van der Waals surface area contributed by atoms with Crippen LogP contribution in [0.15, 0.2) is 47.3 Å². The van der Waals surface area contributed by atoms with Crippen molar-refractivity contribution in [3.8, 4) is 11.5 Å². The summed E-state index contributed by atoms with van der Waals surface area (Å²) < 4.78 is 6.06. The fourth-order valence-electron chi connectivity index (χ4n) is 4.86. The first-order valence-corrected chi connectivity index (χ1v) is 9.40. The standard InChI is InChI=1S/C21H20N4O.ClH/c1-2-14(10-22-7-1)21-24-20-18(26-21)4-3-17-19(20)15(11-23-17)16-12-25-8-5-13(16)6-9-25;/h1-4,7,10-11,13,16,23H,5-6,8-9,12H2;1H. The SMILES string of the molecule is Cl.c1cncc(-c2nc3c(ccc4[nH]cc(C5CN6CCC5CC6)c43)o2)c1. The Labute approximate surface area is 163 Å². The number of hydrogen-bond donors (Lipinski definition) is 1. The molecule has 6 heterocycles. The van der Waals surface area contributed by atoms with Crippen LogP contribution >= 0.6 is 12.4 Å². The average Bonchev–Trinajstić information content (AvgIpc) is 3.33. The second-order valence-corrected chi connectivity index (χ2v) is 7.58. The summed E-state index contributed by atoms with van der Waals surface area (Å²) in [6.07, 6.45) is 8.39. The van der Waals surface area contributed by atoms with Crippen molar-refractivity contribution >= 4 is 34.4 Å². The molecule has 0 radical (unpaired) electrons. The highest BCUT2D eigenvalue weighted by molar-refractivity contribution is 6.05. The highest BCUT2D eigenvalue weighted by Crippen LogP contribution is 2.43. The second kappa shape index (κ2) is 6.36. The minimum Gasteiger partial charge on any atom is -0.436 e. The molecule has 4 aromatic rings. The minimum absolute atomic E-state index is 0. The number of fused-ring (bicyclic) bond motifs is 6. The molecule has 3 aromatic heterocycles. The van der Waals surface area contributed by atoms with Crippen LogP contribution in [0, 0.1) is 5.92 Å². The Morgan fingerprint density at radius 3 is 2.78 bits per heavy atom. The molecule has 1 atom stereocenters. The van der Waals surface area contributed by atoms with Gasteiger partial charge in [-0.3, -0.25) is 4.98 Å². The van der Waals surface area contributed by atoms with Crippen molar-refractivity contribution in [2.24, 2.45) is 5.92 Å². The molecule has 3 fully saturated rings. The number of benzene rings is 1. The summed E-state index contributed by atoms with van der Waals surface area (Å²) in [6.45, 7) is 3.68. The van der Waals surface area contributed by atoms with Crippen LogP contribution < -0.4 is 0 Å². The van der Waals surface area contributed by atoms with E-state index in [1.165, 1.54) is 43.4 Å². The lowest BCUT2D eigenvalue weighted by Crippen LogP contribution is -2.46. The smallest absolute Gasteiger partial charge is 0.228 e. The van der Waals surface area contributed by atoms with Gasteiger partial charge in [0.15, 0.2) is 5.58 Å². The van der Waals surface area contributed by atoms with Gasteiger partial charge in [0.2, 0.25) is 5.89 Å². The molecule has 2 bridgehead atoms.